The normalized spacial score (nSPS) is 12.9. The zero-order valence-electron chi connectivity index (χ0n) is 16.8. The van der Waals surface area contributed by atoms with E-state index in [4.69, 9.17) is 4.74 Å². The molecular formula is C19H23N3O5S2. The van der Waals surface area contributed by atoms with Gasteiger partial charge in [-0.05, 0) is 44.5 Å². The van der Waals surface area contributed by atoms with Crippen molar-refractivity contribution in [2.45, 2.75) is 31.8 Å². The Morgan fingerprint density at radius 2 is 1.97 bits per heavy atom. The Bertz CT molecular complexity index is 1040. The first-order valence-corrected chi connectivity index (χ1v) is 11.0. The van der Waals surface area contributed by atoms with Gasteiger partial charge in [-0.3, -0.25) is 4.79 Å². The highest BCUT2D eigenvalue weighted by Crippen LogP contribution is 2.22. The van der Waals surface area contributed by atoms with Crippen molar-refractivity contribution in [2.75, 3.05) is 19.4 Å². The van der Waals surface area contributed by atoms with Crippen LogP contribution in [0.2, 0.25) is 0 Å². The van der Waals surface area contributed by atoms with Crippen molar-refractivity contribution in [3.8, 4) is 0 Å². The first kappa shape index (κ1) is 22.7. The van der Waals surface area contributed by atoms with Gasteiger partial charge in [0.25, 0.3) is 5.91 Å². The number of aromatic nitrogens is 1. The van der Waals surface area contributed by atoms with Crippen molar-refractivity contribution in [3.63, 3.8) is 0 Å². The molecule has 0 saturated heterocycles. The molecular weight excluding hydrogens is 414 g/mol. The van der Waals surface area contributed by atoms with Crippen LogP contribution >= 0.6 is 11.3 Å². The lowest BCUT2D eigenvalue weighted by molar-refractivity contribution is -0.148. The predicted octanol–water partition coefficient (Wildman–Crippen LogP) is 2.59. The fraction of sp³-hybridized carbons (Fsp3) is 0.316. The molecule has 156 valence electrons. The van der Waals surface area contributed by atoms with Crippen molar-refractivity contribution in [3.05, 3.63) is 45.9 Å². The molecule has 1 aromatic carbocycles. The Kier molecular flexibility index (Phi) is 7.28. The maximum absolute atomic E-state index is 12.4. The lowest BCUT2D eigenvalue weighted by Crippen LogP contribution is -2.30. The van der Waals surface area contributed by atoms with Crippen LogP contribution in [0, 0.1) is 13.8 Å². The van der Waals surface area contributed by atoms with Gasteiger partial charge in [0.1, 0.15) is 0 Å². The van der Waals surface area contributed by atoms with E-state index < -0.39 is 28.0 Å². The van der Waals surface area contributed by atoms with E-state index in [0.717, 1.165) is 9.31 Å². The standard InChI is InChI=1S/C19H23N3O5S2/c1-12-6-8-16(29(25,26)22(4)5)10-17(12)21-19(24)13(2)27-18(23)9-7-15-11-28-14(3)20-15/h6-11,13H,1-5H3,(H,21,24)/b9-7+. The van der Waals surface area contributed by atoms with Crippen LogP contribution in [0.25, 0.3) is 6.08 Å². The van der Waals surface area contributed by atoms with Crippen LogP contribution < -0.4 is 5.32 Å². The van der Waals surface area contributed by atoms with Crippen LogP contribution in [-0.4, -0.2) is 49.8 Å². The molecule has 0 bridgehead atoms. The topological polar surface area (TPSA) is 106 Å². The molecule has 0 fully saturated rings. The average Bonchev–Trinajstić information content (AvgIpc) is 3.06. The van der Waals surface area contributed by atoms with Crippen LogP contribution in [0.3, 0.4) is 0 Å². The van der Waals surface area contributed by atoms with Gasteiger partial charge in [0.05, 0.1) is 15.6 Å². The maximum Gasteiger partial charge on any atom is 0.331 e. The first-order valence-electron chi connectivity index (χ1n) is 8.65. The molecule has 1 N–H and O–H groups in total. The van der Waals surface area contributed by atoms with Gasteiger partial charge in [-0.15, -0.1) is 11.3 Å². The van der Waals surface area contributed by atoms with Gasteiger partial charge in [0, 0.05) is 31.2 Å². The Labute approximate surface area is 174 Å². The number of anilines is 1. The lowest BCUT2D eigenvalue weighted by Gasteiger charge is -2.16. The van der Waals surface area contributed by atoms with Crippen LogP contribution in [0.1, 0.15) is 23.2 Å². The van der Waals surface area contributed by atoms with Crippen LogP contribution in [0.5, 0.6) is 0 Å². The summed E-state index contributed by atoms with van der Waals surface area (Å²) in [6.45, 7) is 5.02. The van der Waals surface area contributed by atoms with Crippen LogP contribution in [0.4, 0.5) is 5.69 Å². The number of carbonyl (C=O) groups excluding carboxylic acids is 2. The molecule has 0 saturated carbocycles. The summed E-state index contributed by atoms with van der Waals surface area (Å²) >= 11 is 1.46. The quantitative estimate of drug-likeness (QED) is 0.527. The zero-order chi connectivity index (χ0) is 21.8. The number of amides is 1. The number of aryl methyl sites for hydroxylation is 2. The molecule has 8 nitrogen and oxygen atoms in total. The van der Waals surface area contributed by atoms with E-state index in [1.165, 1.54) is 56.6 Å². The number of esters is 1. The van der Waals surface area contributed by atoms with Crippen molar-refractivity contribution in [2.24, 2.45) is 0 Å². The summed E-state index contributed by atoms with van der Waals surface area (Å²) in [5.41, 5.74) is 1.64. The van der Waals surface area contributed by atoms with E-state index in [1.807, 2.05) is 6.92 Å². The molecule has 0 aliphatic carbocycles. The minimum atomic E-state index is -3.64. The molecule has 2 aromatic rings. The Balaban J connectivity index is 2.05. The lowest BCUT2D eigenvalue weighted by atomic mass is 10.2. The summed E-state index contributed by atoms with van der Waals surface area (Å²) < 4.78 is 30.8. The number of rotatable bonds is 7. The number of benzene rings is 1. The zero-order valence-corrected chi connectivity index (χ0v) is 18.4. The largest absolute Gasteiger partial charge is 0.449 e. The van der Waals surface area contributed by atoms with E-state index >= 15 is 0 Å². The van der Waals surface area contributed by atoms with Crippen LogP contribution in [0.15, 0.2) is 34.6 Å². The second-order valence-electron chi connectivity index (χ2n) is 6.46. The van der Waals surface area contributed by atoms with Crippen LogP contribution in [-0.2, 0) is 24.3 Å². The molecule has 29 heavy (non-hydrogen) atoms. The molecule has 2 rings (SSSR count). The fourth-order valence-electron chi connectivity index (χ4n) is 2.22. The van der Waals surface area contributed by atoms with Gasteiger partial charge >= 0.3 is 5.97 Å². The number of ether oxygens (including phenoxy) is 1. The van der Waals surface area contributed by atoms with E-state index in [1.54, 1.807) is 18.4 Å². The second kappa shape index (κ2) is 9.29. The van der Waals surface area contributed by atoms with Gasteiger partial charge in [-0.2, -0.15) is 0 Å². The highest BCUT2D eigenvalue weighted by atomic mass is 32.2. The SMILES string of the molecule is Cc1nc(/C=C/C(=O)OC(C)C(=O)Nc2cc(S(=O)(=O)N(C)C)ccc2C)cs1. The van der Waals surface area contributed by atoms with Crippen molar-refractivity contribution in [1.29, 1.82) is 0 Å². The molecule has 1 aromatic heterocycles. The van der Waals surface area contributed by atoms with Gasteiger partial charge in [0.15, 0.2) is 6.10 Å². The third-order valence-electron chi connectivity index (χ3n) is 3.93. The predicted molar refractivity (Wildman–Crippen MR) is 112 cm³/mol. The fourth-order valence-corrected chi connectivity index (χ4v) is 3.73. The summed E-state index contributed by atoms with van der Waals surface area (Å²) in [5, 5.41) is 5.28. The van der Waals surface area contributed by atoms with Gasteiger partial charge in [-0.1, -0.05) is 6.07 Å². The number of nitrogens with zero attached hydrogens (tertiary/aromatic N) is 2. The molecule has 0 spiro atoms. The molecule has 0 radical (unpaired) electrons. The molecule has 1 amide bonds. The first-order chi connectivity index (χ1) is 13.5. The van der Waals surface area contributed by atoms with Crippen molar-refractivity contribution >= 4 is 45.0 Å². The summed E-state index contributed by atoms with van der Waals surface area (Å²) in [4.78, 5) is 28.6. The molecule has 1 atom stereocenters. The van der Waals surface area contributed by atoms with Gasteiger partial charge in [-0.25, -0.2) is 22.5 Å². The number of hydrogen-bond donors (Lipinski definition) is 1. The summed E-state index contributed by atoms with van der Waals surface area (Å²) in [6, 6.07) is 4.44. The number of sulfonamides is 1. The van der Waals surface area contributed by atoms with E-state index in [-0.39, 0.29) is 4.90 Å². The molecule has 0 aliphatic rings. The third kappa shape index (κ3) is 5.96. The smallest absolute Gasteiger partial charge is 0.331 e. The summed E-state index contributed by atoms with van der Waals surface area (Å²) in [6.07, 6.45) is 1.64. The van der Waals surface area contributed by atoms with E-state index in [0.29, 0.717) is 16.9 Å². The number of nitrogens with one attached hydrogen (secondary N) is 1. The van der Waals surface area contributed by atoms with Gasteiger partial charge < -0.3 is 10.1 Å². The summed E-state index contributed by atoms with van der Waals surface area (Å²) in [7, 11) is -0.789. The minimum absolute atomic E-state index is 0.0505. The molecule has 1 heterocycles. The number of carbonyl (C=O) groups is 2. The molecule has 1 unspecified atom stereocenters. The van der Waals surface area contributed by atoms with Crippen molar-refractivity contribution in [1.82, 2.24) is 9.29 Å². The highest BCUT2D eigenvalue weighted by Gasteiger charge is 2.21. The van der Waals surface area contributed by atoms with Gasteiger partial charge in [0.2, 0.25) is 10.0 Å². The highest BCUT2D eigenvalue weighted by molar-refractivity contribution is 7.89. The Hall–Kier alpha value is -2.56. The molecule has 10 heteroatoms. The molecule has 0 aliphatic heterocycles. The minimum Gasteiger partial charge on any atom is -0.449 e. The number of thiazole rings is 1. The number of hydrogen-bond acceptors (Lipinski definition) is 7. The van der Waals surface area contributed by atoms with Crippen molar-refractivity contribution < 1.29 is 22.7 Å². The monoisotopic (exact) mass is 437 g/mol. The average molecular weight is 438 g/mol. The van der Waals surface area contributed by atoms with E-state index in [2.05, 4.69) is 10.3 Å². The van der Waals surface area contributed by atoms with E-state index in [9.17, 15) is 18.0 Å². The Morgan fingerprint density at radius 3 is 2.55 bits per heavy atom. The maximum atomic E-state index is 12.4. The third-order valence-corrected chi connectivity index (χ3v) is 6.54. The Morgan fingerprint density at radius 1 is 1.28 bits per heavy atom. The summed E-state index contributed by atoms with van der Waals surface area (Å²) in [5.74, 6) is -1.25. The second-order valence-corrected chi connectivity index (χ2v) is 9.67.